The lowest BCUT2D eigenvalue weighted by atomic mass is 10.1. The Morgan fingerprint density at radius 1 is 1.12 bits per heavy atom. The predicted molar refractivity (Wildman–Crippen MR) is 117 cm³/mol. The Kier molecular flexibility index (Phi) is 11.0. The third-order valence-corrected chi connectivity index (χ3v) is 4.52. The maximum Gasteiger partial charge on any atom is 0.490 e. The van der Waals surface area contributed by atoms with Gasteiger partial charge >= 0.3 is 18.1 Å². The van der Waals surface area contributed by atoms with Crippen molar-refractivity contribution >= 4 is 41.0 Å². The minimum atomic E-state index is -5.08. The zero-order chi connectivity index (χ0) is 26.1. The molecule has 0 saturated carbocycles. The molecule has 0 fully saturated rings. The van der Waals surface area contributed by atoms with Gasteiger partial charge in [0.1, 0.15) is 11.6 Å². The Bertz CT molecular complexity index is 1070. The maximum absolute atomic E-state index is 12.6. The van der Waals surface area contributed by atoms with E-state index in [1.54, 1.807) is 18.2 Å². The van der Waals surface area contributed by atoms with E-state index in [0.29, 0.717) is 28.6 Å². The van der Waals surface area contributed by atoms with Crippen molar-refractivity contribution in [1.29, 1.82) is 0 Å². The van der Waals surface area contributed by atoms with Crippen molar-refractivity contribution in [2.24, 2.45) is 5.73 Å². The fourth-order valence-corrected chi connectivity index (χ4v) is 3.12. The highest BCUT2D eigenvalue weighted by atomic mass is 35.5. The number of nitrogens with one attached hydrogen (secondary N) is 1. The van der Waals surface area contributed by atoms with Crippen LogP contribution >= 0.6 is 23.2 Å². The van der Waals surface area contributed by atoms with Crippen molar-refractivity contribution in [3.05, 3.63) is 68.1 Å². The van der Waals surface area contributed by atoms with E-state index in [1.165, 1.54) is 22.9 Å². The number of rotatable bonds is 8. The first-order chi connectivity index (χ1) is 15.8. The number of carboxylic acids is 2. The van der Waals surface area contributed by atoms with Gasteiger partial charge in [0.15, 0.2) is 0 Å². The van der Waals surface area contributed by atoms with E-state index in [2.05, 4.69) is 5.32 Å². The number of aromatic nitrogens is 1. The van der Waals surface area contributed by atoms with Crippen LogP contribution in [0.5, 0.6) is 0 Å². The van der Waals surface area contributed by atoms with Gasteiger partial charge in [0.25, 0.3) is 11.5 Å². The number of nitrogens with zero attached hydrogens (tertiary/aromatic N) is 1. The van der Waals surface area contributed by atoms with E-state index in [9.17, 15) is 32.7 Å². The van der Waals surface area contributed by atoms with Gasteiger partial charge in [0, 0.05) is 16.2 Å². The van der Waals surface area contributed by atoms with Gasteiger partial charge in [0.2, 0.25) is 0 Å². The largest absolute Gasteiger partial charge is 0.490 e. The van der Waals surface area contributed by atoms with Crippen LogP contribution in [0.15, 0.2) is 41.3 Å². The summed E-state index contributed by atoms with van der Waals surface area (Å²) in [6.07, 6.45) is -2.94. The second-order valence-electron chi connectivity index (χ2n) is 6.73. The number of aliphatic carboxylic acids is 2. The zero-order valence-electron chi connectivity index (χ0n) is 17.3. The lowest BCUT2D eigenvalue weighted by Gasteiger charge is -2.14. The number of alkyl halides is 3. The number of carbonyl (C=O) groups excluding carboxylic acids is 1. The fourth-order valence-electron chi connectivity index (χ4n) is 2.55. The number of hydrogen-bond acceptors (Lipinski definition) is 5. The van der Waals surface area contributed by atoms with Gasteiger partial charge in [-0.1, -0.05) is 23.2 Å². The zero-order valence-corrected chi connectivity index (χ0v) is 18.8. The molecule has 1 amide bonds. The normalized spacial score (nSPS) is 11.7. The van der Waals surface area contributed by atoms with Crippen LogP contribution in [0.2, 0.25) is 10.0 Å². The molecule has 2 rings (SSSR count). The van der Waals surface area contributed by atoms with Gasteiger partial charge in [-0.3, -0.25) is 9.59 Å². The number of benzene rings is 1. The molecule has 2 aromatic rings. The molecule has 0 bridgehead atoms. The summed E-state index contributed by atoms with van der Waals surface area (Å²) in [6, 6.07) is 6.69. The molecule has 1 atom stereocenters. The molecule has 0 aliphatic heterocycles. The monoisotopic (exact) mass is 525 g/mol. The summed E-state index contributed by atoms with van der Waals surface area (Å²) in [7, 11) is 0. The number of carboxylic acid groups (broad SMARTS) is 2. The predicted octanol–water partition coefficient (Wildman–Crippen LogP) is 2.76. The number of pyridine rings is 1. The summed E-state index contributed by atoms with van der Waals surface area (Å²) in [5.74, 6) is -4.68. The van der Waals surface area contributed by atoms with Crippen LogP contribution < -0.4 is 16.6 Å². The van der Waals surface area contributed by atoms with E-state index in [1.807, 2.05) is 0 Å². The fraction of sp³-hybridized carbons (Fsp3) is 0.300. The van der Waals surface area contributed by atoms with Crippen molar-refractivity contribution < 1.29 is 37.8 Å². The van der Waals surface area contributed by atoms with Crippen LogP contribution in [-0.4, -0.2) is 51.4 Å². The number of nitrogens with two attached hydrogens (primary N) is 1. The number of halogens is 5. The first kappa shape index (κ1) is 28.9. The van der Waals surface area contributed by atoms with Crippen LogP contribution in [-0.2, 0) is 16.1 Å². The van der Waals surface area contributed by atoms with Crippen molar-refractivity contribution in [3.8, 4) is 0 Å². The average molecular weight is 526 g/mol. The average Bonchev–Trinajstić information content (AvgIpc) is 2.71. The highest BCUT2D eigenvalue weighted by molar-refractivity contribution is 6.34. The van der Waals surface area contributed by atoms with Crippen LogP contribution in [0.25, 0.3) is 0 Å². The van der Waals surface area contributed by atoms with Crippen molar-refractivity contribution in [2.45, 2.75) is 31.6 Å². The second kappa shape index (κ2) is 13.0. The molecular weight excluding hydrogens is 506 g/mol. The quantitative estimate of drug-likeness (QED) is 0.413. The minimum absolute atomic E-state index is 0.148. The molecule has 9 nitrogen and oxygen atoms in total. The van der Waals surface area contributed by atoms with E-state index in [-0.39, 0.29) is 18.5 Å². The molecule has 1 aromatic heterocycles. The summed E-state index contributed by atoms with van der Waals surface area (Å²) in [5, 5.41) is 19.6. The molecule has 0 spiro atoms. The van der Waals surface area contributed by atoms with Crippen molar-refractivity contribution in [1.82, 2.24) is 9.88 Å². The number of carbonyl (C=O) groups is 3. The van der Waals surface area contributed by atoms with Crippen LogP contribution in [0.4, 0.5) is 13.2 Å². The standard InChI is InChI=1S/C18H19Cl2N3O4.C2HF3O2/c19-12-7-11(8-13(20)9-12)10-23-6-2-3-14(17(23)25)16(24)22-15(18(26)27)4-1-5-21;3-2(4,5)1(6)7/h2-3,6-9,15H,1,4-5,10,21H2,(H,22,24)(H,26,27);(H,6,7)/t15-;/m0./s1. The maximum atomic E-state index is 12.6. The molecule has 5 N–H and O–H groups in total. The van der Waals surface area contributed by atoms with Gasteiger partial charge in [-0.05, 0) is 55.3 Å². The summed E-state index contributed by atoms with van der Waals surface area (Å²) < 4.78 is 33.1. The highest BCUT2D eigenvalue weighted by Gasteiger charge is 2.38. The molecule has 1 heterocycles. The summed E-state index contributed by atoms with van der Waals surface area (Å²) in [5.41, 5.74) is 5.38. The summed E-state index contributed by atoms with van der Waals surface area (Å²) in [6.45, 7) is 0.468. The molecule has 1 aromatic carbocycles. The van der Waals surface area contributed by atoms with Gasteiger partial charge in [-0.25, -0.2) is 9.59 Å². The number of amides is 1. The Balaban J connectivity index is 0.000000718. The van der Waals surface area contributed by atoms with Crippen molar-refractivity contribution in [2.75, 3.05) is 6.54 Å². The lowest BCUT2D eigenvalue weighted by Crippen LogP contribution is -2.43. The van der Waals surface area contributed by atoms with Crippen LogP contribution in [0, 0.1) is 0 Å². The van der Waals surface area contributed by atoms with E-state index < -0.39 is 35.6 Å². The first-order valence-electron chi connectivity index (χ1n) is 9.44. The molecule has 0 aliphatic rings. The first-order valence-corrected chi connectivity index (χ1v) is 10.2. The Labute approximate surface area is 200 Å². The van der Waals surface area contributed by atoms with E-state index >= 15 is 0 Å². The van der Waals surface area contributed by atoms with Crippen molar-refractivity contribution in [3.63, 3.8) is 0 Å². The van der Waals surface area contributed by atoms with Gasteiger partial charge in [-0.2, -0.15) is 13.2 Å². The Morgan fingerprint density at radius 2 is 1.68 bits per heavy atom. The minimum Gasteiger partial charge on any atom is -0.480 e. The summed E-state index contributed by atoms with van der Waals surface area (Å²) >= 11 is 11.9. The molecular formula is C20H20Cl2F3N3O6. The molecule has 0 unspecified atom stereocenters. The van der Waals surface area contributed by atoms with E-state index in [4.69, 9.17) is 38.8 Å². The Hall–Kier alpha value is -3.09. The molecule has 34 heavy (non-hydrogen) atoms. The molecule has 14 heteroatoms. The SMILES string of the molecule is NCCC[C@H](NC(=O)c1cccn(Cc2cc(Cl)cc(Cl)c2)c1=O)C(=O)O.O=C(O)C(F)(F)F. The van der Waals surface area contributed by atoms with Crippen LogP contribution in [0.3, 0.4) is 0 Å². The van der Waals surface area contributed by atoms with Gasteiger partial charge < -0.3 is 25.8 Å². The third kappa shape index (κ3) is 9.41. The second-order valence-corrected chi connectivity index (χ2v) is 7.60. The van der Waals surface area contributed by atoms with Gasteiger partial charge in [-0.15, -0.1) is 0 Å². The highest BCUT2D eigenvalue weighted by Crippen LogP contribution is 2.19. The topological polar surface area (TPSA) is 152 Å². The molecule has 0 radical (unpaired) electrons. The lowest BCUT2D eigenvalue weighted by molar-refractivity contribution is -0.192. The third-order valence-electron chi connectivity index (χ3n) is 4.08. The smallest absolute Gasteiger partial charge is 0.480 e. The molecule has 186 valence electrons. The summed E-state index contributed by atoms with van der Waals surface area (Å²) in [4.78, 5) is 45.2. The molecule has 0 saturated heterocycles. The molecule has 0 aliphatic carbocycles. The Morgan fingerprint density at radius 3 is 2.15 bits per heavy atom. The van der Waals surface area contributed by atoms with Gasteiger partial charge in [0.05, 0.1) is 6.54 Å². The van der Waals surface area contributed by atoms with E-state index in [0.717, 1.165) is 0 Å². The van der Waals surface area contributed by atoms with Crippen LogP contribution in [0.1, 0.15) is 28.8 Å². The number of hydrogen-bond donors (Lipinski definition) is 4.